The van der Waals surface area contributed by atoms with Gasteiger partial charge in [0, 0.05) is 16.7 Å². The standard InChI is InChI=1S/C26H16O3/c1-3-15(2)29-26(28)24-23-19-14-8-12-16-11-7-13-18(20(16)19)22(23)21(25(24)27)17-9-5-4-6-10-17/h1,4-15H,2H3. The molecule has 0 heterocycles. The summed E-state index contributed by atoms with van der Waals surface area (Å²) in [5.41, 5.74) is 4.67. The van der Waals surface area contributed by atoms with Gasteiger partial charge in [0.05, 0.1) is 0 Å². The maximum Gasteiger partial charge on any atom is 0.344 e. The van der Waals surface area contributed by atoms with Crippen LogP contribution in [0.15, 0.2) is 72.3 Å². The number of ether oxygens (including phenoxy) is 1. The van der Waals surface area contributed by atoms with Crippen molar-refractivity contribution in [3.63, 3.8) is 0 Å². The highest BCUT2D eigenvalue weighted by Gasteiger charge is 2.43. The van der Waals surface area contributed by atoms with Gasteiger partial charge in [-0.05, 0) is 34.4 Å². The van der Waals surface area contributed by atoms with Crippen molar-refractivity contribution in [3.8, 4) is 12.3 Å². The van der Waals surface area contributed by atoms with Gasteiger partial charge in [0.1, 0.15) is 5.57 Å². The SMILES string of the molecule is C#CC(C)OC(=O)C1=C2C(=C(c3ccccc3)C1=O)c1cccc3cccc2c13. The first-order valence-electron chi connectivity index (χ1n) is 9.40. The number of ketones is 1. The Bertz CT molecular complexity index is 1310. The van der Waals surface area contributed by atoms with E-state index < -0.39 is 12.1 Å². The average molecular weight is 376 g/mol. The Kier molecular flexibility index (Phi) is 3.75. The number of carbonyl (C=O) groups is 2. The second-order valence-corrected chi connectivity index (χ2v) is 7.12. The number of fused-ring (bicyclic) bond motifs is 3. The lowest BCUT2D eigenvalue weighted by atomic mass is 9.95. The maximum absolute atomic E-state index is 13.5. The van der Waals surface area contributed by atoms with E-state index >= 15 is 0 Å². The molecule has 0 saturated carbocycles. The molecular weight excluding hydrogens is 360 g/mol. The number of hydrogen-bond acceptors (Lipinski definition) is 3. The lowest BCUT2D eigenvalue weighted by Crippen LogP contribution is -2.19. The molecule has 0 radical (unpaired) electrons. The summed E-state index contributed by atoms with van der Waals surface area (Å²) in [6.45, 7) is 1.61. The van der Waals surface area contributed by atoms with Crippen LogP contribution in [0, 0.1) is 12.3 Å². The normalized spacial score (nSPS) is 15.5. The number of terminal acetylenes is 1. The first kappa shape index (κ1) is 17.2. The minimum absolute atomic E-state index is 0.0599. The summed E-state index contributed by atoms with van der Waals surface area (Å²) in [7, 11) is 0. The lowest BCUT2D eigenvalue weighted by Gasteiger charge is -2.10. The van der Waals surface area contributed by atoms with E-state index in [2.05, 4.69) is 5.92 Å². The summed E-state index contributed by atoms with van der Waals surface area (Å²) >= 11 is 0. The number of esters is 1. The van der Waals surface area contributed by atoms with E-state index in [0.29, 0.717) is 11.1 Å². The zero-order chi connectivity index (χ0) is 20.1. The summed E-state index contributed by atoms with van der Waals surface area (Å²) in [6.07, 6.45) is 4.66. The molecule has 0 bridgehead atoms. The Labute approximate surface area is 168 Å². The van der Waals surface area contributed by atoms with Gasteiger partial charge in [-0.3, -0.25) is 4.79 Å². The molecule has 5 rings (SSSR count). The molecule has 0 N–H and O–H groups in total. The van der Waals surface area contributed by atoms with Crippen LogP contribution in [0.4, 0.5) is 0 Å². The molecule has 0 fully saturated rings. The third kappa shape index (κ3) is 2.40. The molecule has 3 heteroatoms. The molecule has 1 unspecified atom stereocenters. The minimum Gasteiger partial charge on any atom is -0.446 e. The van der Waals surface area contributed by atoms with Gasteiger partial charge in [0.2, 0.25) is 5.78 Å². The predicted octanol–water partition coefficient (Wildman–Crippen LogP) is 4.67. The third-order valence-electron chi connectivity index (χ3n) is 5.43. The van der Waals surface area contributed by atoms with Crippen molar-refractivity contribution in [2.24, 2.45) is 0 Å². The lowest BCUT2D eigenvalue weighted by molar-refractivity contribution is -0.141. The van der Waals surface area contributed by atoms with Crippen LogP contribution >= 0.6 is 0 Å². The van der Waals surface area contributed by atoms with Crippen molar-refractivity contribution in [2.75, 3.05) is 0 Å². The van der Waals surface area contributed by atoms with Crippen LogP contribution in [0.1, 0.15) is 23.6 Å². The van der Waals surface area contributed by atoms with Crippen LogP contribution in [0.5, 0.6) is 0 Å². The van der Waals surface area contributed by atoms with Crippen LogP contribution in [0.3, 0.4) is 0 Å². The molecule has 3 aromatic carbocycles. The number of hydrogen-bond donors (Lipinski definition) is 0. The van der Waals surface area contributed by atoms with Gasteiger partial charge in [-0.25, -0.2) is 4.79 Å². The number of benzene rings is 3. The van der Waals surface area contributed by atoms with Crippen molar-refractivity contribution >= 4 is 39.2 Å². The maximum atomic E-state index is 13.5. The van der Waals surface area contributed by atoms with E-state index in [1.165, 1.54) is 0 Å². The first-order valence-corrected chi connectivity index (χ1v) is 9.40. The molecule has 3 aromatic rings. The van der Waals surface area contributed by atoms with Crippen molar-refractivity contribution in [2.45, 2.75) is 13.0 Å². The van der Waals surface area contributed by atoms with E-state index in [4.69, 9.17) is 11.2 Å². The number of allylic oxidation sites excluding steroid dienone is 3. The monoisotopic (exact) mass is 376 g/mol. The fourth-order valence-electron chi connectivity index (χ4n) is 4.23. The van der Waals surface area contributed by atoms with Gasteiger partial charge in [0.25, 0.3) is 0 Å². The largest absolute Gasteiger partial charge is 0.446 e. The van der Waals surface area contributed by atoms with Gasteiger partial charge in [-0.1, -0.05) is 72.7 Å². The van der Waals surface area contributed by atoms with Crippen LogP contribution in [-0.4, -0.2) is 17.9 Å². The Hall–Kier alpha value is -3.90. The molecule has 1 atom stereocenters. The molecule has 3 nitrogen and oxygen atoms in total. The highest BCUT2D eigenvalue weighted by molar-refractivity contribution is 6.55. The van der Waals surface area contributed by atoms with Crippen molar-refractivity contribution in [1.29, 1.82) is 0 Å². The highest BCUT2D eigenvalue weighted by Crippen LogP contribution is 2.54. The zero-order valence-electron chi connectivity index (χ0n) is 15.7. The smallest absolute Gasteiger partial charge is 0.344 e. The average Bonchev–Trinajstić information content (AvgIpc) is 3.22. The Morgan fingerprint density at radius 1 is 0.897 bits per heavy atom. The van der Waals surface area contributed by atoms with E-state index in [0.717, 1.165) is 33.0 Å². The Morgan fingerprint density at radius 3 is 2.21 bits per heavy atom. The summed E-state index contributed by atoms with van der Waals surface area (Å²) in [6, 6.07) is 21.4. The van der Waals surface area contributed by atoms with Gasteiger partial charge in [-0.15, -0.1) is 6.42 Å². The molecule has 2 aliphatic rings. The molecule has 0 spiro atoms. The Morgan fingerprint density at radius 2 is 1.55 bits per heavy atom. The van der Waals surface area contributed by atoms with Crippen molar-refractivity contribution < 1.29 is 14.3 Å². The molecule has 0 amide bonds. The number of carbonyl (C=O) groups excluding carboxylic acids is 2. The van der Waals surface area contributed by atoms with Crippen LogP contribution in [0.25, 0.3) is 27.5 Å². The van der Waals surface area contributed by atoms with E-state index in [1.54, 1.807) is 6.92 Å². The van der Waals surface area contributed by atoms with Gasteiger partial charge in [-0.2, -0.15) is 0 Å². The zero-order valence-corrected chi connectivity index (χ0v) is 15.7. The van der Waals surface area contributed by atoms with Gasteiger partial charge < -0.3 is 4.74 Å². The van der Waals surface area contributed by atoms with Crippen LogP contribution in [0.2, 0.25) is 0 Å². The van der Waals surface area contributed by atoms with Gasteiger partial charge >= 0.3 is 5.97 Å². The molecular formula is C26H16O3. The first-order chi connectivity index (χ1) is 14.1. The second kappa shape index (κ2) is 6.32. The van der Waals surface area contributed by atoms with Crippen molar-refractivity contribution in [3.05, 3.63) is 89.0 Å². The fraction of sp³-hybridized carbons (Fsp3) is 0.0769. The molecule has 0 aromatic heterocycles. The molecule has 138 valence electrons. The van der Waals surface area contributed by atoms with Gasteiger partial charge in [0.15, 0.2) is 6.10 Å². The minimum atomic E-state index is -0.716. The second-order valence-electron chi connectivity index (χ2n) is 7.12. The highest BCUT2D eigenvalue weighted by atomic mass is 16.5. The quantitative estimate of drug-likeness (QED) is 0.379. The van der Waals surface area contributed by atoms with E-state index in [9.17, 15) is 9.59 Å². The topological polar surface area (TPSA) is 43.4 Å². The summed E-state index contributed by atoms with van der Waals surface area (Å²) in [4.78, 5) is 26.5. The van der Waals surface area contributed by atoms with E-state index in [-0.39, 0.29) is 11.4 Å². The summed E-state index contributed by atoms with van der Waals surface area (Å²) in [5.74, 6) is 1.39. The predicted molar refractivity (Wildman–Crippen MR) is 114 cm³/mol. The summed E-state index contributed by atoms with van der Waals surface area (Å²) < 4.78 is 5.36. The molecule has 0 saturated heterocycles. The Balaban J connectivity index is 1.83. The molecule has 0 aliphatic heterocycles. The van der Waals surface area contributed by atoms with Crippen LogP contribution in [-0.2, 0) is 14.3 Å². The number of rotatable bonds is 3. The van der Waals surface area contributed by atoms with E-state index in [1.807, 2.05) is 66.7 Å². The molecule has 29 heavy (non-hydrogen) atoms. The molecule has 2 aliphatic carbocycles. The fourth-order valence-corrected chi connectivity index (χ4v) is 4.23. The third-order valence-corrected chi connectivity index (χ3v) is 5.43. The summed E-state index contributed by atoms with van der Waals surface area (Å²) in [5, 5.41) is 2.12. The van der Waals surface area contributed by atoms with Crippen LogP contribution < -0.4 is 0 Å². The number of Topliss-reactive ketones (excluding diaryl/α,β-unsaturated/α-hetero) is 1. The van der Waals surface area contributed by atoms with Crippen molar-refractivity contribution in [1.82, 2.24) is 0 Å².